The first-order valence-corrected chi connectivity index (χ1v) is 5.46. The molecule has 0 saturated heterocycles. The Bertz CT molecular complexity index is 390. The van der Waals surface area contributed by atoms with Crippen LogP contribution < -0.4 is 4.74 Å². The van der Waals surface area contributed by atoms with Gasteiger partial charge in [0.05, 0.1) is 6.07 Å². The largest absolute Gasteiger partial charge is 0.490 e. The van der Waals surface area contributed by atoms with Gasteiger partial charge in [0.1, 0.15) is 11.9 Å². The summed E-state index contributed by atoms with van der Waals surface area (Å²) in [7, 11) is 0. The highest BCUT2D eigenvalue weighted by molar-refractivity contribution is 9.10. The summed E-state index contributed by atoms with van der Waals surface area (Å²) in [6.45, 7) is 0. The fraction of sp³-hybridized carbons (Fsp3) is 0.364. The second-order valence-electron chi connectivity index (χ2n) is 3.75. The number of nitrogens with zero attached hydrogens (tertiary/aromatic N) is 1. The Hall–Kier alpha value is -1.05. The van der Waals surface area contributed by atoms with E-state index in [4.69, 9.17) is 10.00 Å². The zero-order chi connectivity index (χ0) is 10.9. The van der Waals surface area contributed by atoms with Gasteiger partial charge in [0.2, 0.25) is 0 Å². The normalized spacial score (nSPS) is 29.0. The van der Waals surface area contributed by atoms with Gasteiger partial charge < -0.3 is 9.84 Å². The molecule has 4 heteroatoms. The van der Waals surface area contributed by atoms with E-state index < -0.39 is 5.60 Å². The van der Waals surface area contributed by atoms with E-state index in [1.165, 1.54) is 0 Å². The van der Waals surface area contributed by atoms with Crippen LogP contribution in [0.15, 0.2) is 28.7 Å². The number of hydrogen-bond donors (Lipinski definition) is 1. The van der Waals surface area contributed by atoms with Crippen molar-refractivity contribution in [2.24, 2.45) is 0 Å². The van der Waals surface area contributed by atoms with Gasteiger partial charge in [0.25, 0.3) is 0 Å². The Balaban J connectivity index is 1.91. The van der Waals surface area contributed by atoms with Crippen molar-refractivity contribution in [1.29, 1.82) is 5.26 Å². The lowest BCUT2D eigenvalue weighted by Gasteiger charge is -2.37. The maximum atomic E-state index is 9.46. The number of ether oxygens (including phenoxy) is 1. The summed E-state index contributed by atoms with van der Waals surface area (Å²) in [4.78, 5) is 0. The fourth-order valence-corrected chi connectivity index (χ4v) is 1.84. The molecule has 78 valence electrons. The molecule has 0 radical (unpaired) electrons. The standard InChI is InChI=1S/C11H10BrNO2/c12-8-1-3-9(4-2-8)15-10-5-11(14,6-10)7-13/h1-4,10,14H,5-6H2. The summed E-state index contributed by atoms with van der Waals surface area (Å²) in [6, 6.07) is 9.37. The van der Waals surface area contributed by atoms with Crippen LogP contribution in [0.3, 0.4) is 0 Å². The highest BCUT2D eigenvalue weighted by Gasteiger charge is 2.44. The number of benzene rings is 1. The van der Waals surface area contributed by atoms with Gasteiger partial charge in [-0.05, 0) is 24.3 Å². The van der Waals surface area contributed by atoms with Crippen molar-refractivity contribution >= 4 is 15.9 Å². The van der Waals surface area contributed by atoms with E-state index in [-0.39, 0.29) is 6.10 Å². The van der Waals surface area contributed by atoms with Crippen LogP contribution in [0.4, 0.5) is 0 Å². The molecule has 1 aliphatic carbocycles. The molecule has 1 aliphatic rings. The van der Waals surface area contributed by atoms with Crippen molar-refractivity contribution in [3.63, 3.8) is 0 Å². The highest BCUT2D eigenvalue weighted by atomic mass is 79.9. The molecule has 0 aliphatic heterocycles. The monoisotopic (exact) mass is 267 g/mol. The van der Waals surface area contributed by atoms with Gasteiger partial charge in [-0.15, -0.1) is 0 Å². The molecular weight excluding hydrogens is 258 g/mol. The van der Waals surface area contributed by atoms with Crippen LogP contribution in [0, 0.1) is 11.3 Å². The molecule has 2 rings (SSSR count). The zero-order valence-electron chi connectivity index (χ0n) is 7.98. The van der Waals surface area contributed by atoms with E-state index in [1.54, 1.807) is 0 Å². The van der Waals surface area contributed by atoms with Crippen LogP contribution in [-0.4, -0.2) is 16.8 Å². The summed E-state index contributed by atoms with van der Waals surface area (Å²) >= 11 is 3.33. The Morgan fingerprint density at radius 1 is 1.40 bits per heavy atom. The molecule has 3 nitrogen and oxygen atoms in total. The molecule has 1 aromatic rings. The Morgan fingerprint density at radius 3 is 2.53 bits per heavy atom. The topological polar surface area (TPSA) is 53.2 Å². The molecule has 1 aromatic carbocycles. The smallest absolute Gasteiger partial charge is 0.158 e. The summed E-state index contributed by atoms with van der Waals surface area (Å²) in [5.74, 6) is 0.767. The average Bonchev–Trinajstić information content (AvgIpc) is 2.19. The number of nitriles is 1. The molecular formula is C11H10BrNO2. The zero-order valence-corrected chi connectivity index (χ0v) is 9.57. The van der Waals surface area contributed by atoms with E-state index >= 15 is 0 Å². The fourth-order valence-electron chi connectivity index (χ4n) is 1.57. The van der Waals surface area contributed by atoms with Crippen molar-refractivity contribution in [2.75, 3.05) is 0 Å². The van der Waals surface area contributed by atoms with E-state index in [2.05, 4.69) is 15.9 Å². The van der Waals surface area contributed by atoms with Crippen LogP contribution in [0.25, 0.3) is 0 Å². The molecule has 0 unspecified atom stereocenters. The Labute approximate surface area is 96.4 Å². The van der Waals surface area contributed by atoms with Crippen molar-refractivity contribution in [1.82, 2.24) is 0 Å². The number of hydrogen-bond acceptors (Lipinski definition) is 3. The first kappa shape index (κ1) is 10.5. The second kappa shape index (κ2) is 3.84. The van der Waals surface area contributed by atoms with Gasteiger partial charge in [-0.2, -0.15) is 5.26 Å². The first-order valence-electron chi connectivity index (χ1n) is 4.67. The molecule has 1 N–H and O–H groups in total. The van der Waals surface area contributed by atoms with Gasteiger partial charge in [0, 0.05) is 17.3 Å². The molecule has 15 heavy (non-hydrogen) atoms. The van der Waals surface area contributed by atoms with Crippen molar-refractivity contribution < 1.29 is 9.84 Å². The third kappa shape index (κ3) is 2.31. The number of halogens is 1. The second-order valence-corrected chi connectivity index (χ2v) is 4.66. The maximum Gasteiger partial charge on any atom is 0.158 e. The third-order valence-corrected chi connectivity index (χ3v) is 2.98. The average molecular weight is 268 g/mol. The summed E-state index contributed by atoms with van der Waals surface area (Å²) in [5, 5.41) is 18.1. The van der Waals surface area contributed by atoms with E-state index in [1.807, 2.05) is 30.3 Å². The summed E-state index contributed by atoms with van der Waals surface area (Å²) in [5.41, 5.74) is -1.17. The third-order valence-electron chi connectivity index (χ3n) is 2.46. The summed E-state index contributed by atoms with van der Waals surface area (Å²) < 4.78 is 6.57. The van der Waals surface area contributed by atoms with E-state index in [0.29, 0.717) is 12.8 Å². The SMILES string of the molecule is N#CC1(O)CC(Oc2ccc(Br)cc2)C1. The lowest BCUT2D eigenvalue weighted by Crippen LogP contribution is -2.48. The van der Waals surface area contributed by atoms with Gasteiger partial charge in [-0.25, -0.2) is 0 Å². The first-order chi connectivity index (χ1) is 7.11. The molecule has 0 atom stereocenters. The summed E-state index contributed by atoms with van der Waals surface area (Å²) in [6.07, 6.45) is 0.731. The Morgan fingerprint density at radius 2 is 2.00 bits per heavy atom. The number of aliphatic hydroxyl groups is 1. The van der Waals surface area contributed by atoms with Gasteiger partial charge in [-0.1, -0.05) is 15.9 Å². The lowest BCUT2D eigenvalue weighted by molar-refractivity contribution is -0.0622. The molecule has 1 saturated carbocycles. The van der Waals surface area contributed by atoms with Crippen molar-refractivity contribution in [3.05, 3.63) is 28.7 Å². The van der Waals surface area contributed by atoms with Crippen molar-refractivity contribution in [2.45, 2.75) is 24.5 Å². The highest BCUT2D eigenvalue weighted by Crippen LogP contribution is 2.34. The van der Waals surface area contributed by atoms with Crippen LogP contribution in [0.1, 0.15) is 12.8 Å². The minimum atomic E-state index is -1.17. The predicted molar refractivity (Wildman–Crippen MR) is 58.4 cm³/mol. The minimum Gasteiger partial charge on any atom is -0.490 e. The lowest BCUT2D eigenvalue weighted by atomic mass is 9.79. The molecule has 0 spiro atoms. The van der Waals surface area contributed by atoms with Crippen molar-refractivity contribution in [3.8, 4) is 11.8 Å². The molecule has 1 fully saturated rings. The van der Waals surface area contributed by atoms with Crippen LogP contribution in [-0.2, 0) is 0 Å². The van der Waals surface area contributed by atoms with Gasteiger partial charge in [0.15, 0.2) is 5.60 Å². The van der Waals surface area contributed by atoms with E-state index in [0.717, 1.165) is 10.2 Å². The van der Waals surface area contributed by atoms with Crippen LogP contribution in [0.5, 0.6) is 5.75 Å². The Kier molecular flexibility index (Phi) is 2.68. The maximum absolute atomic E-state index is 9.46. The van der Waals surface area contributed by atoms with Gasteiger partial charge in [-0.3, -0.25) is 0 Å². The van der Waals surface area contributed by atoms with E-state index in [9.17, 15) is 5.11 Å². The molecule has 0 aromatic heterocycles. The predicted octanol–water partition coefficient (Wildman–Crippen LogP) is 2.24. The van der Waals surface area contributed by atoms with Gasteiger partial charge >= 0.3 is 0 Å². The number of rotatable bonds is 2. The minimum absolute atomic E-state index is 0.0455. The quantitative estimate of drug-likeness (QED) is 0.837. The molecule has 0 bridgehead atoms. The molecule has 0 heterocycles. The molecule has 0 amide bonds. The van der Waals surface area contributed by atoms with Crippen LogP contribution in [0.2, 0.25) is 0 Å². The van der Waals surface area contributed by atoms with Crippen LogP contribution >= 0.6 is 15.9 Å².